The van der Waals surface area contributed by atoms with Gasteiger partial charge in [0.2, 0.25) is 0 Å². The van der Waals surface area contributed by atoms with Crippen LogP contribution in [0.15, 0.2) is 36.5 Å². The largest absolute Gasteiger partial charge is 0.354 e. The average molecular weight is 433 g/mol. The third-order valence-corrected chi connectivity index (χ3v) is 5.42. The van der Waals surface area contributed by atoms with Gasteiger partial charge in [-0.3, -0.25) is 0 Å². The Morgan fingerprint density at radius 2 is 2.12 bits per heavy atom. The lowest BCUT2D eigenvalue weighted by Crippen LogP contribution is -2.49. The van der Waals surface area contributed by atoms with E-state index in [0.29, 0.717) is 6.04 Å². The molecule has 1 aliphatic heterocycles. The van der Waals surface area contributed by atoms with Crippen LogP contribution < -0.4 is 10.2 Å². The Labute approximate surface area is 155 Å². The number of aromatic nitrogens is 3. The van der Waals surface area contributed by atoms with E-state index in [2.05, 4.69) is 80.6 Å². The molecule has 0 bridgehead atoms. The number of para-hydroxylation sites is 2. The van der Waals surface area contributed by atoms with Gasteiger partial charge in [-0.05, 0) is 47.7 Å². The number of hydrogen-bond donors (Lipinski definition) is 1. The highest BCUT2D eigenvalue weighted by molar-refractivity contribution is 14.1. The van der Waals surface area contributed by atoms with Gasteiger partial charge in [0.05, 0.1) is 11.0 Å². The van der Waals surface area contributed by atoms with Crippen LogP contribution in [-0.2, 0) is 7.05 Å². The van der Waals surface area contributed by atoms with Gasteiger partial charge in [0, 0.05) is 48.1 Å². The molecule has 0 aliphatic carbocycles. The molecule has 6 heteroatoms. The Bertz CT molecular complexity index is 888. The first-order chi connectivity index (χ1) is 11.6. The van der Waals surface area contributed by atoms with Gasteiger partial charge in [-0.2, -0.15) is 0 Å². The van der Waals surface area contributed by atoms with Gasteiger partial charge in [-0.1, -0.05) is 12.1 Å². The van der Waals surface area contributed by atoms with Crippen LogP contribution in [0.1, 0.15) is 6.92 Å². The Kier molecular flexibility index (Phi) is 4.17. The summed E-state index contributed by atoms with van der Waals surface area (Å²) >= 11 is 2.35. The highest BCUT2D eigenvalue weighted by Gasteiger charge is 2.19. The lowest BCUT2D eigenvalue weighted by molar-refractivity contribution is 0.482. The van der Waals surface area contributed by atoms with Crippen LogP contribution in [0.5, 0.6) is 0 Å². The molecule has 1 N–H and O–H groups in total. The highest BCUT2D eigenvalue weighted by Crippen LogP contribution is 2.30. The summed E-state index contributed by atoms with van der Waals surface area (Å²) in [5.74, 6) is 2.03. The normalized spacial score (nSPS) is 18.3. The standard InChI is InChI=1S/C18H20IN5/c1-12-11-24(8-7-20-12)17-9-13(14(19)10-21-17)18-22-15-5-3-4-6-16(15)23(18)2/h3-6,9-10,12,20H,7-8,11H2,1-2H3/t12-/m1/s1. The molecule has 3 aromatic rings. The summed E-state index contributed by atoms with van der Waals surface area (Å²) in [6.07, 6.45) is 1.96. The van der Waals surface area contributed by atoms with E-state index in [1.807, 2.05) is 12.3 Å². The molecule has 0 spiro atoms. The molecule has 124 valence electrons. The zero-order chi connectivity index (χ0) is 16.7. The van der Waals surface area contributed by atoms with Crippen LogP contribution in [-0.4, -0.2) is 40.2 Å². The van der Waals surface area contributed by atoms with Gasteiger partial charge in [-0.25, -0.2) is 9.97 Å². The monoisotopic (exact) mass is 433 g/mol. The van der Waals surface area contributed by atoms with Crippen molar-refractivity contribution in [1.29, 1.82) is 0 Å². The number of anilines is 1. The van der Waals surface area contributed by atoms with E-state index in [4.69, 9.17) is 4.98 Å². The first-order valence-electron chi connectivity index (χ1n) is 8.19. The molecule has 3 heterocycles. The Balaban J connectivity index is 1.79. The van der Waals surface area contributed by atoms with Crippen molar-refractivity contribution in [3.63, 3.8) is 0 Å². The number of imidazole rings is 1. The fourth-order valence-electron chi connectivity index (χ4n) is 3.30. The van der Waals surface area contributed by atoms with E-state index < -0.39 is 0 Å². The summed E-state index contributed by atoms with van der Waals surface area (Å²) in [6, 6.07) is 10.9. The average Bonchev–Trinajstić information content (AvgIpc) is 2.92. The van der Waals surface area contributed by atoms with Gasteiger partial charge in [-0.15, -0.1) is 0 Å². The van der Waals surface area contributed by atoms with Gasteiger partial charge in [0.15, 0.2) is 0 Å². The number of rotatable bonds is 2. The summed E-state index contributed by atoms with van der Waals surface area (Å²) < 4.78 is 3.29. The first kappa shape index (κ1) is 15.8. The minimum atomic E-state index is 0.485. The lowest BCUT2D eigenvalue weighted by atomic mass is 10.2. The predicted octanol–water partition coefficient (Wildman–Crippen LogP) is 3.04. The van der Waals surface area contributed by atoms with Crippen molar-refractivity contribution in [2.24, 2.45) is 7.05 Å². The quantitative estimate of drug-likeness (QED) is 0.632. The summed E-state index contributed by atoms with van der Waals surface area (Å²) in [5.41, 5.74) is 3.32. The number of pyridine rings is 1. The van der Waals surface area contributed by atoms with Crippen molar-refractivity contribution in [2.45, 2.75) is 13.0 Å². The smallest absolute Gasteiger partial charge is 0.142 e. The summed E-state index contributed by atoms with van der Waals surface area (Å²) in [4.78, 5) is 11.9. The van der Waals surface area contributed by atoms with Crippen molar-refractivity contribution in [3.05, 3.63) is 40.1 Å². The van der Waals surface area contributed by atoms with Crippen molar-refractivity contribution >= 4 is 39.4 Å². The molecule has 1 aliphatic rings. The molecule has 0 unspecified atom stereocenters. The second kappa shape index (κ2) is 6.33. The van der Waals surface area contributed by atoms with Crippen molar-refractivity contribution < 1.29 is 0 Å². The minimum absolute atomic E-state index is 0.485. The van der Waals surface area contributed by atoms with Gasteiger partial charge in [0.25, 0.3) is 0 Å². The predicted molar refractivity (Wildman–Crippen MR) is 106 cm³/mol. The van der Waals surface area contributed by atoms with E-state index >= 15 is 0 Å². The summed E-state index contributed by atoms with van der Waals surface area (Å²) in [5, 5.41) is 3.48. The number of fused-ring (bicyclic) bond motifs is 1. The van der Waals surface area contributed by atoms with Crippen LogP contribution in [0.2, 0.25) is 0 Å². The zero-order valence-corrected chi connectivity index (χ0v) is 16.0. The number of hydrogen-bond acceptors (Lipinski definition) is 4. The van der Waals surface area contributed by atoms with Crippen LogP contribution in [0.4, 0.5) is 5.82 Å². The number of aryl methyl sites for hydroxylation is 1. The summed E-state index contributed by atoms with van der Waals surface area (Å²) in [6.45, 7) is 5.18. The fourth-order valence-corrected chi connectivity index (χ4v) is 3.83. The number of nitrogens with one attached hydrogen (secondary N) is 1. The Morgan fingerprint density at radius 1 is 1.29 bits per heavy atom. The maximum atomic E-state index is 4.84. The number of benzene rings is 1. The molecule has 24 heavy (non-hydrogen) atoms. The van der Waals surface area contributed by atoms with E-state index in [1.54, 1.807) is 0 Å². The second-order valence-corrected chi connectivity index (χ2v) is 7.47. The molecular weight excluding hydrogens is 413 g/mol. The zero-order valence-electron chi connectivity index (χ0n) is 13.8. The van der Waals surface area contributed by atoms with E-state index in [9.17, 15) is 0 Å². The minimum Gasteiger partial charge on any atom is -0.354 e. The molecule has 5 nitrogen and oxygen atoms in total. The number of nitrogens with zero attached hydrogens (tertiary/aromatic N) is 4. The Morgan fingerprint density at radius 3 is 2.92 bits per heavy atom. The number of piperazine rings is 1. The van der Waals surface area contributed by atoms with Crippen molar-refractivity contribution in [3.8, 4) is 11.4 Å². The van der Waals surface area contributed by atoms with Crippen molar-refractivity contribution in [2.75, 3.05) is 24.5 Å². The van der Waals surface area contributed by atoms with E-state index in [1.165, 1.54) is 0 Å². The van der Waals surface area contributed by atoms with Crippen LogP contribution in [0, 0.1) is 3.57 Å². The number of halogens is 1. The van der Waals surface area contributed by atoms with Gasteiger partial charge in [0.1, 0.15) is 11.6 Å². The Hall–Kier alpha value is -1.67. The lowest BCUT2D eigenvalue weighted by Gasteiger charge is -2.33. The van der Waals surface area contributed by atoms with Crippen LogP contribution in [0.3, 0.4) is 0 Å². The van der Waals surface area contributed by atoms with Gasteiger partial charge < -0.3 is 14.8 Å². The third-order valence-electron chi connectivity index (χ3n) is 4.56. The van der Waals surface area contributed by atoms with E-state index in [0.717, 1.165) is 51.4 Å². The first-order valence-corrected chi connectivity index (χ1v) is 9.27. The SMILES string of the molecule is C[C@@H]1CN(c2cc(-c3nc4ccccc4n3C)c(I)cn2)CCN1. The molecule has 1 fully saturated rings. The van der Waals surface area contributed by atoms with Crippen molar-refractivity contribution in [1.82, 2.24) is 19.9 Å². The topological polar surface area (TPSA) is 46.0 Å². The maximum Gasteiger partial charge on any atom is 0.142 e. The molecule has 1 saturated heterocycles. The maximum absolute atomic E-state index is 4.84. The third kappa shape index (κ3) is 2.77. The van der Waals surface area contributed by atoms with E-state index in [-0.39, 0.29) is 0 Å². The molecule has 1 atom stereocenters. The second-order valence-electron chi connectivity index (χ2n) is 6.31. The fraction of sp³-hybridized carbons (Fsp3) is 0.333. The molecule has 0 radical (unpaired) electrons. The molecule has 0 amide bonds. The molecule has 4 rings (SSSR count). The molecule has 0 saturated carbocycles. The van der Waals surface area contributed by atoms with Crippen LogP contribution >= 0.6 is 22.6 Å². The molecule has 2 aromatic heterocycles. The molecule has 1 aromatic carbocycles. The highest BCUT2D eigenvalue weighted by atomic mass is 127. The van der Waals surface area contributed by atoms with Gasteiger partial charge >= 0.3 is 0 Å². The van der Waals surface area contributed by atoms with Crippen LogP contribution in [0.25, 0.3) is 22.4 Å². The summed E-state index contributed by atoms with van der Waals surface area (Å²) in [7, 11) is 2.08. The molecular formula is C18H20IN5.